The fraction of sp³-hybridized carbons (Fsp3) is 0.273. The molecule has 0 fully saturated rings. The molecule has 0 aliphatic carbocycles. The summed E-state index contributed by atoms with van der Waals surface area (Å²) >= 11 is 0. The van der Waals surface area contributed by atoms with Gasteiger partial charge in [-0.15, -0.1) is 0 Å². The van der Waals surface area contributed by atoms with Crippen LogP contribution in [0.2, 0.25) is 0 Å². The van der Waals surface area contributed by atoms with Crippen LogP contribution in [-0.4, -0.2) is 40.5 Å². The molecule has 5 nitrogen and oxygen atoms in total. The molecule has 0 radical (unpaired) electrons. The molecular formula is C22H24ClNO4. The van der Waals surface area contributed by atoms with Gasteiger partial charge in [-0.1, -0.05) is 6.07 Å². The van der Waals surface area contributed by atoms with Gasteiger partial charge >= 0.3 is 0 Å². The summed E-state index contributed by atoms with van der Waals surface area (Å²) in [6.45, 7) is 0.824. The minimum atomic E-state index is 0. The Bertz CT molecular complexity index is 1060. The van der Waals surface area contributed by atoms with E-state index in [1.165, 1.54) is 11.3 Å². The van der Waals surface area contributed by atoms with Crippen LogP contribution in [0, 0.1) is 0 Å². The summed E-state index contributed by atoms with van der Waals surface area (Å²) in [6.07, 6.45) is 0. The smallest absolute Gasteiger partial charge is 0.161 e. The summed E-state index contributed by atoms with van der Waals surface area (Å²) < 4.78 is 17.1. The van der Waals surface area contributed by atoms with Crippen molar-refractivity contribution in [2.24, 2.45) is 0 Å². The number of nitrogens with zero attached hydrogens (tertiary/aromatic N) is 1. The second-order valence-electron chi connectivity index (χ2n) is 7.41. The first-order valence-electron chi connectivity index (χ1n) is 8.82. The summed E-state index contributed by atoms with van der Waals surface area (Å²) in [5, 5.41) is 12.2. The van der Waals surface area contributed by atoms with Crippen LogP contribution < -0.4 is 31.1 Å². The van der Waals surface area contributed by atoms with Crippen molar-refractivity contribution in [2.45, 2.75) is 6.54 Å². The molecule has 0 unspecified atom stereocenters. The lowest BCUT2D eigenvalue weighted by molar-refractivity contribution is -0.00000736. The quantitative estimate of drug-likeness (QED) is 0.672. The lowest BCUT2D eigenvalue weighted by atomic mass is 9.89. The lowest BCUT2D eigenvalue weighted by Crippen LogP contribution is -3.00. The molecule has 0 spiro atoms. The average Bonchev–Trinajstić information content (AvgIpc) is 2.65. The topological polar surface area (TPSA) is 47.9 Å². The maximum Gasteiger partial charge on any atom is 0.161 e. The van der Waals surface area contributed by atoms with Gasteiger partial charge in [0.2, 0.25) is 0 Å². The van der Waals surface area contributed by atoms with Crippen LogP contribution in [0.1, 0.15) is 5.56 Å². The maximum absolute atomic E-state index is 10.2. The second kappa shape index (κ2) is 7.08. The molecule has 4 rings (SSSR count). The minimum Gasteiger partial charge on any atom is -1.00 e. The average molecular weight is 402 g/mol. The van der Waals surface area contributed by atoms with Crippen molar-refractivity contribution in [1.29, 1.82) is 0 Å². The number of aromatic hydroxyl groups is 1. The number of hydrogen-bond acceptors (Lipinski definition) is 4. The van der Waals surface area contributed by atoms with Crippen LogP contribution in [0.15, 0.2) is 36.4 Å². The Balaban J connectivity index is 0.00000225. The third-order valence-corrected chi connectivity index (χ3v) is 5.36. The van der Waals surface area contributed by atoms with E-state index in [-0.39, 0.29) is 18.2 Å². The summed E-state index contributed by atoms with van der Waals surface area (Å²) in [7, 11) is 9.27. The molecule has 148 valence electrons. The molecule has 3 aromatic rings. The van der Waals surface area contributed by atoms with Crippen LogP contribution in [0.5, 0.6) is 23.0 Å². The Kier molecular flexibility index (Phi) is 5.08. The standard InChI is InChI=1S/C22H23NO4.ClH/c1-23(2)12-14-9-20(26-4)21(27-5)10-16(14)15-7-6-13-8-18(24)19(25-3)11-17(13)22(15)23;/h6-11H,12H2,1-5H3;1H. The molecule has 0 amide bonds. The SMILES string of the molecule is COc1cc2c3c(ccc2cc1O)-c1cc(OC)c(OC)cc1C[N+]3(C)C.[Cl-]. The number of rotatable bonds is 3. The highest BCUT2D eigenvalue weighted by molar-refractivity contribution is 6.04. The largest absolute Gasteiger partial charge is 1.00 e. The highest BCUT2D eigenvalue weighted by Gasteiger charge is 2.34. The van der Waals surface area contributed by atoms with Gasteiger partial charge in [-0.3, -0.25) is 4.48 Å². The molecule has 1 heterocycles. The predicted octanol–water partition coefficient (Wildman–Crippen LogP) is 1.32. The molecule has 0 aromatic heterocycles. The van der Waals surface area contributed by atoms with Crippen molar-refractivity contribution >= 4 is 16.5 Å². The number of benzene rings is 3. The first-order valence-corrected chi connectivity index (χ1v) is 8.82. The van der Waals surface area contributed by atoms with E-state index in [0.29, 0.717) is 10.2 Å². The van der Waals surface area contributed by atoms with E-state index in [9.17, 15) is 5.11 Å². The number of methoxy groups -OCH3 is 3. The fourth-order valence-electron chi connectivity index (χ4n) is 4.17. The molecule has 0 saturated heterocycles. The molecular weight excluding hydrogens is 378 g/mol. The highest BCUT2D eigenvalue weighted by atomic mass is 35.5. The number of fused-ring (bicyclic) bond motifs is 5. The van der Waals surface area contributed by atoms with Crippen LogP contribution >= 0.6 is 0 Å². The Labute approximate surface area is 171 Å². The van der Waals surface area contributed by atoms with Crippen LogP contribution in [0.4, 0.5) is 5.69 Å². The predicted molar refractivity (Wildman–Crippen MR) is 108 cm³/mol. The van der Waals surface area contributed by atoms with E-state index in [0.717, 1.165) is 39.9 Å². The van der Waals surface area contributed by atoms with Gasteiger partial charge in [0.05, 0.1) is 35.4 Å². The molecule has 1 aliphatic rings. The Hall–Kier alpha value is -2.63. The molecule has 6 heteroatoms. The summed E-state index contributed by atoms with van der Waals surface area (Å²) in [5.74, 6) is 2.09. The van der Waals surface area contributed by atoms with Crippen molar-refractivity contribution in [3.63, 3.8) is 0 Å². The number of halogens is 1. The van der Waals surface area contributed by atoms with Crippen LogP contribution in [0.3, 0.4) is 0 Å². The van der Waals surface area contributed by atoms with Gasteiger partial charge in [-0.05, 0) is 35.7 Å². The minimum absolute atomic E-state index is 0. The van der Waals surface area contributed by atoms with Gasteiger partial charge in [0.15, 0.2) is 23.0 Å². The van der Waals surface area contributed by atoms with Gasteiger partial charge in [-0.2, -0.15) is 0 Å². The van der Waals surface area contributed by atoms with E-state index in [1.54, 1.807) is 27.4 Å². The summed E-state index contributed by atoms with van der Waals surface area (Å²) in [4.78, 5) is 0. The maximum atomic E-state index is 10.2. The number of hydrogen-bond donors (Lipinski definition) is 1. The van der Waals surface area contributed by atoms with Gasteiger partial charge in [0, 0.05) is 22.1 Å². The van der Waals surface area contributed by atoms with Crippen molar-refractivity contribution in [2.75, 3.05) is 35.4 Å². The van der Waals surface area contributed by atoms with E-state index in [4.69, 9.17) is 14.2 Å². The first kappa shape index (κ1) is 20.1. The lowest BCUT2D eigenvalue weighted by Gasteiger charge is -2.37. The van der Waals surface area contributed by atoms with Gasteiger partial charge in [0.1, 0.15) is 12.2 Å². The number of phenols is 1. The zero-order valence-corrected chi connectivity index (χ0v) is 17.4. The Morgan fingerprint density at radius 3 is 2.11 bits per heavy atom. The van der Waals surface area contributed by atoms with Gasteiger partial charge < -0.3 is 31.7 Å². The van der Waals surface area contributed by atoms with Crippen LogP contribution in [-0.2, 0) is 6.54 Å². The monoisotopic (exact) mass is 401 g/mol. The number of phenolic OH excluding ortho intramolecular Hbond substituents is 1. The van der Waals surface area contributed by atoms with E-state index < -0.39 is 0 Å². The first-order chi connectivity index (χ1) is 12.9. The summed E-state index contributed by atoms with van der Waals surface area (Å²) in [6, 6.07) is 12.0. The van der Waals surface area contributed by atoms with Crippen molar-refractivity contribution < 1.29 is 31.7 Å². The van der Waals surface area contributed by atoms with Crippen molar-refractivity contribution in [3.8, 4) is 34.1 Å². The number of quaternary nitrogens is 1. The number of ether oxygens (including phenoxy) is 3. The third kappa shape index (κ3) is 2.91. The molecule has 0 saturated carbocycles. The van der Waals surface area contributed by atoms with E-state index >= 15 is 0 Å². The zero-order chi connectivity index (χ0) is 19.3. The summed E-state index contributed by atoms with van der Waals surface area (Å²) in [5.41, 5.74) is 4.72. The zero-order valence-electron chi connectivity index (χ0n) is 16.7. The van der Waals surface area contributed by atoms with Crippen molar-refractivity contribution in [3.05, 3.63) is 42.0 Å². The Morgan fingerprint density at radius 2 is 1.46 bits per heavy atom. The molecule has 0 atom stereocenters. The van der Waals surface area contributed by atoms with Gasteiger partial charge in [-0.25, -0.2) is 0 Å². The molecule has 28 heavy (non-hydrogen) atoms. The molecule has 1 aliphatic heterocycles. The highest BCUT2D eigenvalue weighted by Crippen LogP contribution is 2.49. The Morgan fingerprint density at radius 1 is 0.821 bits per heavy atom. The van der Waals surface area contributed by atoms with E-state index in [2.05, 4.69) is 32.3 Å². The molecule has 0 bridgehead atoms. The second-order valence-corrected chi connectivity index (χ2v) is 7.41. The third-order valence-electron chi connectivity index (χ3n) is 5.36. The van der Waals surface area contributed by atoms with Crippen molar-refractivity contribution in [1.82, 2.24) is 4.48 Å². The fourth-order valence-corrected chi connectivity index (χ4v) is 4.17. The molecule has 3 aromatic carbocycles. The van der Waals surface area contributed by atoms with E-state index in [1.807, 2.05) is 12.1 Å². The van der Waals surface area contributed by atoms with Gasteiger partial charge in [0.25, 0.3) is 0 Å². The van der Waals surface area contributed by atoms with Crippen LogP contribution in [0.25, 0.3) is 21.9 Å². The molecule has 1 N–H and O–H groups in total. The normalized spacial score (nSPS) is 13.9.